The van der Waals surface area contributed by atoms with E-state index < -0.39 is 0 Å². The van der Waals surface area contributed by atoms with Crippen LogP contribution in [-0.2, 0) is 13.0 Å². The van der Waals surface area contributed by atoms with Gasteiger partial charge in [-0.25, -0.2) is 0 Å². The van der Waals surface area contributed by atoms with E-state index in [9.17, 15) is 4.79 Å². The summed E-state index contributed by atoms with van der Waals surface area (Å²) in [5.74, 6) is -0.00639. The summed E-state index contributed by atoms with van der Waals surface area (Å²) in [6.45, 7) is 4.70. The molecule has 0 spiro atoms. The van der Waals surface area contributed by atoms with E-state index >= 15 is 0 Å². The molecule has 0 unspecified atom stereocenters. The molecule has 0 aliphatic rings. The smallest absolute Gasteiger partial charge is 0.253 e. The average Bonchev–Trinajstić information content (AvgIpc) is 2.52. The lowest BCUT2D eigenvalue weighted by atomic mass is 9.96. The average molecular weight is 296 g/mol. The Labute approximate surface area is 133 Å². The zero-order chi connectivity index (χ0) is 16.1. The van der Waals surface area contributed by atoms with Crippen LogP contribution in [0.3, 0.4) is 0 Å². The van der Waals surface area contributed by atoms with E-state index in [1.165, 1.54) is 0 Å². The van der Waals surface area contributed by atoms with E-state index in [4.69, 9.17) is 0 Å². The molecule has 116 valence electrons. The molecular weight excluding hydrogens is 272 g/mol. The standard InChI is InChI=1S/C19H24N2O/c1-5-16-14(2)11-12-17(21(3)4)18(16)19(22)20-13-15-9-7-6-8-10-15/h6-12H,5,13H2,1-4H3,(H,20,22). The Morgan fingerprint density at radius 3 is 2.36 bits per heavy atom. The van der Waals surface area contributed by atoms with Gasteiger partial charge < -0.3 is 10.2 Å². The highest BCUT2D eigenvalue weighted by atomic mass is 16.1. The third-order valence-electron chi connectivity index (χ3n) is 3.88. The minimum absolute atomic E-state index is 0.00639. The van der Waals surface area contributed by atoms with Gasteiger partial charge >= 0.3 is 0 Å². The molecule has 0 radical (unpaired) electrons. The molecule has 0 atom stereocenters. The van der Waals surface area contributed by atoms with Gasteiger partial charge in [-0.2, -0.15) is 0 Å². The van der Waals surface area contributed by atoms with Crippen molar-refractivity contribution in [1.82, 2.24) is 5.32 Å². The van der Waals surface area contributed by atoms with Crippen molar-refractivity contribution in [2.24, 2.45) is 0 Å². The number of hydrogen-bond donors (Lipinski definition) is 1. The number of hydrogen-bond acceptors (Lipinski definition) is 2. The Kier molecular flexibility index (Phi) is 5.21. The molecule has 2 aromatic carbocycles. The van der Waals surface area contributed by atoms with Gasteiger partial charge in [0.05, 0.1) is 5.56 Å². The number of amides is 1. The van der Waals surface area contributed by atoms with Crippen molar-refractivity contribution in [3.63, 3.8) is 0 Å². The van der Waals surface area contributed by atoms with E-state index in [1.807, 2.05) is 55.4 Å². The maximum absolute atomic E-state index is 12.7. The summed E-state index contributed by atoms with van der Waals surface area (Å²) in [7, 11) is 3.94. The molecule has 0 fully saturated rings. The number of anilines is 1. The zero-order valence-corrected chi connectivity index (χ0v) is 13.8. The first kappa shape index (κ1) is 16.1. The molecule has 1 N–H and O–H groups in total. The molecule has 3 heteroatoms. The number of nitrogens with one attached hydrogen (secondary N) is 1. The number of carbonyl (C=O) groups excluding carboxylic acids is 1. The summed E-state index contributed by atoms with van der Waals surface area (Å²) in [5, 5.41) is 3.05. The third-order valence-corrected chi connectivity index (χ3v) is 3.88. The molecule has 2 rings (SSSR count). The van der Waals surface area contributed by atoms with Crippen molar-refractivity contribution in [1.29, 1.82) is 0 Å². The van der Waals surface area contributed by atoms with Crippen LogP contribution < -0.4 is 10.2 Å². The van der Waals surface area contributed by atoms with Crippen LogP contribution in [0.25, 0.3) is 0 Å². The van der Waals surface area contributed by atoms with Gasteiger partial charge in [-0.3, -0.25) is 4.79 Å². The Bertz CT molecular complexity index is 648. The molecule has 0 bridgehead atoms. The lowest BCUT2D eigenvalue weighted by molar-refractivity contribution is 0.0950. The number of rotatable bonds is 5. The molecular formula is C19H24N2O. The normalized spacial score (nSPS) is 10.4. The molecule has 0 aliphatic carbocycles. The Morgan fingerprint density at radius 1 is 1.09 bits per heavy atom. The van der Waals surface area contributed by atoms with Crippen LogP contribution in [-0.4, -0.2) is 20.0 Å². The molecule has 2 aromatic rings. The first-order valence-electron chi connectivity index (χ1n) is 7.66. The number of carbonyl (C=O) groups is 1. The lowest BCUT2D eigenvalue weighted by Gasteiger charge is -2.21. The molecule has 0 saturated carbocycles. The summed E-state index contributed by atoms with van der Waals surface area (Å²) in [5.41, 5.74) is 5.15. The highest BCUT2D eigenvalue weighted by molar-refractivity contribution is 6.01. The van der Waals surface area contributed by atoms with Crippen LogP contribution in [0.1, 0.15) is 34.0 Å². The van der Waals surface area contributed by atoms with E-state index in [1.54, 1.807) is 0 Å². The second-order valence-corrected chi connectivity index (χ2v) is 5.67. The van der Waals surface area contributed by atoms with E-state index in [0.717, 1.165) is 34.4 Å². The fraction of sp³-hybridized carbons (Fsp3) is 0.316. The Hall–Kier alpha value is -2.29. The minimum atomic E-state index is -0.00639. The van der Waals surface area contributed by atoms with Crippen LogP contribution >= 0.6 is 0 Å². The highest BCUT2D eigenvalue weighted by Crippen LogP contribution is 2.26. The fourth-order valence-corrected chi connectivity index (χ4v) is 2.69. The molecule has 0 heterocycles. The van der Waals surface area contributed by atoms with Crippen molar-refractivity contribution >= 4 is 11.6 Å². The van der Waals surface area contributed by atoms with Gasteiger partial charge in [0.15, 0.2) is 0 Å². The zero-order valence-electron chi connectivity index (χ0n) is 13.8. The quantitative estimate of drug-likeness (QED) is 0.915. The molecule has 22 heavy (non-hydrogen) atoms. The van der Waals surface area contributed by atoms with Gasteiger partial charge in [0, 0.05) is 26.3 Å². The Balaban J connectivity index is 2.29. The van der Waals surface area contributed by atoms with Crippen LogP contribution in [0.4, 0.5) is 5.69 Å². The topological polar surface area (TPSA) is 32.3 Å². The van der Waals surface area contributed by atoms with Gasteiger partial charge in [0.1, 0.15) is 0 Å². The molecule has 3 nitrogen and oxygen atoms in total. The van der Waals surface area contributed by atoms with Crippen LogP contribution in [0.2, 0.25) is 0 Å². The van der Waals surface area contributed by atoms with Crippen molar-refractivity contribution in [3.8, 4) is 0 Å². The van der Waals surface area contributed by atoms with Crippen molar-refractivity contribution in [2.75, 3.05) is 19.0 Å². The van der Waals surface area contributed by atoms with Crippen LogP contribution in [0.5, 0.6) is 0 Å². The van der Waals surface area contributed by atoms with Crippen LogP contribution in [0.15, 0.2) is 42.5 Å². The SMILES string of the molecule is CCc1c(C)ccc(N(C)C)c1C(=O)NCc1ccccc1. The number of aryl methyl sites for hydroxylation is 1. The van der Waals surface area contributed by atoms with Crippen LogP contribution in [0, 0.1) is 6.92 Å². The summed E-state index contributed by atoms with van der Waals surface area (Å²) in [6.07, 6.45) is 0.849. The summed E-state index contributed by atoms with van der Waals surface area (Å²) in [6, 6.07) is 14.1. The van der Waals surface area contributed by atoms with Gasteiger partial charge in [-0.15, -0.1) is 0 Å². The molecule has 0 saturated heterocycles. The largest absolute Gasteiger partial charge is 0.377 e. The number of nitrogens with zero attached hydrogens (tertiary/aromatic N) is 1. The van der Waals surface area contributed by atoms with Gasteiger partial charge in [0.25, 0.3) is 5.91 Å². The van der Waals surface area contributed by atoms with Crippen molar-refractivity contribution < 1.29 is 4.79 Å². The number of benzene rings is 2. The molecule has 0 aliphatic heterocycles. The predicted molar refractivity (Wildman–Crippen MR) is 92.5 cm³/mol. The monoisotopic (exact) mass is 296 g/mol. The van der Waals surface area contributed by atoms with Crippen molar-refractivity contribution in [3.05, 3.63) is 64.7 Å². The summed E-state index contributed by atoms with van der Waals surface area (Å²) < 4.78 is 0. The predicted octanol–water partition coefficient (Wildman–Crippen LogP) is 3.55. The maximum atomic E-state index is 12.7. The minimum Gasteiger partial charge on any atom is -0.377 e. The third kappa shape index (κ3) is 3.48. The molecule has 1 amide bonds. The lowest BCUT2D eigenvalue weighted by Crippen LogP contribution is -2.27. The van der Waals surface area contributed by atoms with E-state index in [0.29, 0.717) is 6.54 Å². The summed E-state index contributed by atoms with van der Waals surface area (Å²) in [4.78, 5) is 14.7. The van der Waals surface area contributed by atoms with Crippen molar-refractivity contribution in [2.45, 2.75) is 26.8 Å². The van der Waals surface area contributed by atoms with Gasteiger partial charge in [-0.1, -0.05) is 43.3 Å². The summed E-state index contributed by atoms with van der Waals surface area (Å²) >= 11 is 0. The van der Waals surface area contributed by atoms with E-state index in [2.05, 4.69) is 25.2 Å². The second-order valence-electron chi connectivity index (χ2n) is 5.67. The van der Waals surface area contributed by atoms with Gasteiger partial charge in [-0.05, 0) is 36.1 Å². The first-order valence-corrected chi connectivity index (χ1v) is 7.66. The maximum Gasteiger partial charge on any atom is 0.253 e. The highest BCUT2D eigenvalue weighted by Gasteiger charge is 2.18. The second kappa shape index (κ2) is 7.12. The van der Waals surface area contributed by atoms with E-state index in [-0.39, 0.29) is 5.91 Å². The Morgan fingerprint density at radius 2 is 1.77 bits per heavy atom. The molecule has 0 aromatic heterocycles. The first-order chi connectivity index (χ1) is 10.5. The van der Waals surface area contributed by atoms with Gasteiger partial charge in [0.2, 0.25) is 0 Å². The fourth-order valence-electron chi connectivity index (χ4n) is 2.69.